The lowest BCUT2D eigenvalue weighted by molar-refractivity contribution is -0.0000366. The van der Waals surface area contributed by atoms with Gasteiger partial charge in [-0.3, -0.25) is 9.59 Å². The molecule has 0 radical (unpaired) electrons. The number of benzene rings is 5. The van der Waals surface area contributed by atoms with Crippen molar-refractivity contribution in [2.24, 2.45) is 5.14 Å². The van der Waals surface area contributed by atoms with E-state index in [4.69, 9.17) is 9.56 Å². The molecule has 2 amide bonds. The van der Waals surface area contributed by atoms with Crippen LogP contribution in [0.1, 0.15) is 125 Å². The molecule has 0 bridgehead atoms. The summed E-state index contributed by atoms with van der Waals surface area (Å²) < 4.78 is 81.7. The Bertz CT molecular complexity index is 3130. The summed E-state index contributed by atoms with van der Waals surface area (Å²) in [6, 6.07) is 26.9. The molecule has 0 unspecified atom stereocenters. The Morgan fingerprint density at radius 2 is 1.34 bits per heavy atom. The van der Waals surface area contributed by atoms with Gasteiger partial charge < -0.3 is 36.8 Å². The predicted octanol–water partition coefficient (Wildman–Crippen LogP) is 8.95. The number of hydrogen-bond acceptors (Lipinski definition) is 8. The third-order valence-corrected chi connectivity index (χ3v) is 17.0. The van der Waals surface area contributed by atoms with Crippen LogP contribution in [0.25, 0.3) is 33.4 Å². The minimum atomic E-state index is -4.83. The number of anilines is 2. The van der Waals surface area contributed by atoms with E-state index in [1.165, 1.54) is 6.42 Å². The first kappa shape index (κ1) is 58.1. The molecule has 408 valence electrons. The summed E-state index contributed by atoms with van der Waals surface area (Å²) in [6.45, 7) is 13.3. The van der Waals surface area contributed by atoms with Gasteiger partial charge in [-0.05, 0) is 94.5 Å². The molecule has 2 aliphatic heterocycles. The number of primary sulfonamides is 1. The van der Waals surface area contributed by atoms with Crippen LogP contribution in [0.15, 0.2) is 99.1 Å². The summed E-state index contributed by atoms with van der Waals surface area (Å²) in [5.41, 5.74) is 5.61. The number of amides is 2. The highest BCUT2D eigenvalue weighted by atomic mass is 35.5. The van der Waals surface area contributed by atoms with Crippen LogP contribution in [0, 0.1) is 17.5 Å². The third kappa shape index (κ3) is 13.2. The molecule has 4 aromatic carbocycles. The van der Waals surface area contributed by atoms with Gasteiger partial charge in [0.25, 0.3) is 11.8 Å². The minimum Gasteiger partial charge on any atom is -1.00 e. The van der Waals surface area contributed by atoms with E-state index in [-0.39, 0.29) is 36.0 Å². The molecule has 2 aliphatic carbocycles. The molecular weight excluding hydrogens is 1030 g/mol. The van der Waals surface area contributed by atoms with Crippen molar-refractivity contribution in [3.05, 3.63) is 124 Å². The van der Waals surface area contributed by atoms with Gasteiger partial charge in [-0.25, -0.2) is 31.3 Å². The number of aryl methyl sites for hydroxylation is 1. The fourth-order valence-electron chi connectivity index (χ4n) is 10.8. The Morgan fingerprint density at radius 1 is 0.737 bits per heavy atom. The number of nitrogens with one attached hydrogen (secondary N) is 1. The topological polar surface area (TPSA) is 132 Å². The highest BCUT2D eigenvalue weighted by Gasteiger charge is 2.33. The van der Waals surface area contributed by atoms with Crippen molar-refractivity contribution in [2.75, 3.05) is 68.3 Å². The predicted molar refractivity (Wildman–Crippen MR) is 297 cm³/mol. The summed E-state index contributed by atoms with van der Waals surface area (Å²) in [6.07, 6.45) is 10.9. The largest absolute Gasteiger partial charge is 1.00 e. The third-order valence-electron chi connectivity index (χ3n) is 15.0. The second-order valence-corrected chi connectivity index (χ2v) is 22.3. The molecule has 76 heavy (non-hydrogen) atoms. The summed E-state index contributed by atoms with van der Waals surface area (Å²) >= 11 is 0.756. The summed E-state index contributed by atoms with van der Waals surface area (Å²) in [7, 11) is -4.83. The maximum atomic E-state index is 16.3. The lowest BCUT2D eigenvalue weighted by atomic mass is 9.90. The molecule has 4 aliphatic rings. The second kappa shape index (κ2) is 26.7. The van der Waals surface area contributed by atoms with E-state index in [2.05, 4.69) is 78.9 Å². The van der Waals surface area contributed by atoms with Crippen molar-refractivity contribution in [3.63, 3.8) is 0 Å². The number of piperazine rings is 1. The Morgan fingerprint density at radius 3 is 1.95 bits per heavy atom. The van der Waals surface area contributed by atoms with Crippen LogP contribution in [-0.2, 0) is 16.4 Å². The van der Waals surface area contributed by atoms with Crippen LogP contribution in [0.5, 0.6) is 0 Å². The molecular formula is C59H72ClF3N6O5S2. The van der Waals surface area contributed by atoms with Gasteiger partial charge in [0.1, 0.15) is 29.3 Å². The first-order chi connectivity index (χ1) is 36.3. The SMILES string of the molecule is CCN(CC)c1ccc2c(-c3ccccc3C(=O)N3CCN(C(=O)c4ccc(CCSc5c(F)c(F)c(S(N)(=O)=O)c(NC6CCCCCCCCCCC6)c5F)cc4)CC3)c3ccc(=[N+](CC)CC)cc-3oc2c1.[Cl-]. The van der Waals surface area contributed by atoms with E-state index in [9.17, 15) is 18.0 Å². The van der Waals surface area contributed by atoms with Crippen LogP contribution >= 0.6 is 11.8 Å². The number of thioether (sulfide) groups is 1. The number of hydrogen-bond donors (Lipinski definition) is 2. The van der Waals surface area contributed by atoms with Crippen molar-refractivity contribution in [3.8, 4) is 22.5 Å². The maximum absolute atomic E-state index is 16.3. The van der Waals surface area contributed by atoms with Gasteiger partial charge in [0, 0.05) is 96.5 Å². The van der Waals surface area contributed by atoms with Crippen molar-refractivity contribution in [2.45, 2.75) is 121 Å². The highest BCUT2D eigenvalue weighted by molar-refractivity contribution is 7.99. The molecule has 0 spiro atoms. The Balaban J connectivity index is 0.00000840. The van der Waals surface area contributed by atoms with Gasteiger partial charge in [-0.1, -0.05) is 88.1 Å². The number of halogens is 4. The zero-order chi connectivity index (χ0) is 53.2. The molecule has 2 fully saturated rings. The van der Waals surface area contributed by atoms with Crippen LogP contribution in [0.4, 0.5) is 24.5 Å². The number of carbonyl (C=O) groups is 2. The number of fused-ring (bicyclic) bond motifs is 2. The van der Waals surface area contributed by atoms with Crippen molar-refractivity contribution in [1.82, 2.24) is 14.4 Å². The Hall–Kier alpha value is -5.55. The number of sulfonamides is 1. The average molecular weight is 1100 g/mol. The van der Waals surface area contributed by atoms with Gasteiger partial charge in [0.15, 0.2) is 17.5 Å². The Labute approximate surface area is 456 Å². The zero-order valence-corrected chi connectivity index (χ0v) is 46.6. The lowest BCUT2D eigenvalue weighted by Gasteiger charge is -2.35. The van der Waals surface area contributed by atoms with Gasteiger partial charge >= 0.3 is 0 Å². The molecule has 0 aromatic heterocycles. The van der Waals surface area contributed by atoms with E-state index in [1.54, 1.807) is 34.1 Å². The summed E-state index contributed by atoms with van der Waals surface area (Å²) in [5.74, 6) is -3.91. The van der Waals surface area contributed by atoms with Gasteiger partial charge in [0.05, 0.1) is 16.6 Å². The van der Waals surface area contributed by atoms with E-state index in [1.807, 2.05) is 24.3 Å². The van der Waals surface area contributed by atoms with E-state index in [0.29, 0.717) is 56.6 Å². The van der Waals surface area contributed by atoms with Crippen LogP contribution in [0.2, 0.25) is 0 Å². The molecule has 17 heteroatoms. The van der Waals surface area contributed by atoms with Crippen LogP contribution in [0.3, 0.4) is 0 Å². The van der Waals surface area contributed by atoms with Gasteiger partial charge in [-0.2, -0.15) is 0 Å². The number of nitrogens with zero attached hydrogens (tertiary/aromatic N) is 4. The second-order valence-electron chi connectivity index (χ2n) is 19.7. The van der Waals surface area contributed by atoms with E-state index >= 15 is 13.2 Å². The molecule has 4 aromatic rings. The standard InChI is InChI=1S/C59H72F3N6O5S2.ClH/c1-5-65(6-2)43-28-30-47-49(38-43)73-50-39-44(66(7-3)8-4)29-31-48(50)51(47)45-22-18-19-23-46(45)59(70)68-35-33-67(34-36-68)58(69)41-26-24-40(25-27-41)32-37-74-56-52(60)53(61)57(75(63,71)72)55(54(56)62)64-42-20-16-14-12-10-9-11-13-15-17-21-42;/h18-19,22-31,38-39,42,64H,5-17,20-21,32-37H2,1-4H3,(H2,63,71,72);1H/q+1;/p-1. The number of rotatable bonds is 15. The van der Waals surface area contributed by atoms with Crippen molar-refractivity contribution < 1.29 is 48.0 Å². The van der Waals surface area contributed by atoms with Gasteiger partial charge in [-0.15, -0.1) is 11.8 Å². The fourth-order valence-corrected chi connectivity index (χ4v) is 12.6. The highest BCUT2D eigenvalue weighted by Crippen LogP contribution is 2.43. The number of carbonyl (C=O) groups excluding carboxylic acids is 2. The monoisotopic (exact) mass is 1100 g/mol. The molecule has 2 heterocycles. The van der Waals surface area contributed by atoms with Crippen LogP contribution < -0.4 is 37.7 Å². The normalized spacial score (nSPS) is 15.2. The zero-order valence-electron chi connectivity index (χ0n) is 44.2. The van der Waals surface area contributed by atoms with Crippen LogP contribution in [-0.4, -0.2) is 94.2 Å². The minimum absolute atomic E-state index is 0. The molecule has 0 atom stereocenters. The van der Waals surface area contributed by atoms with E-state index in [0.717, 1.165) is 139 Å². The fraction of sp³-hybridized carbons (Fsp3) is 0.441. The Kier molecular flexibility index (Phi) is 20.4. The van der Waals surface area contributed by atoms with Crippen molar-refractivity contribution >= 4 is 55.9 Å². The number of nitrogens with two attached hydrogens (primary N) is 1. The molecule has 8 rings (SSSR count). The van der Waals surface area contributed by atoms with Crippen molar-refractivity contribution in [1.29, 1.82) is 0 Å². The molecule has 1 saturated carbocycles. The summed E-state index contributed by atoms with van der Waals surface area (Å²) in [5, 5.41) is 10.3. The molecule has 3 N–H and O–H groups in total. The maximum Gasteiger partial charge on any atom is 0.254 e. The first-order valence-corrected chi connectivity index (χ1v) is 29.5. The smallest absolute Gasteiger partial charge is 0.254 e. The quantitative estimate of drug-likeness (QED) is 0.0451. The lowest BCUT2D eigenvalue weighted by Crippen LogP contribution is -3.00. The molecule has 11 nitrogen and oxygen atoms in total. The van der Waals surface area contributed by atoms with Gasteiger partial charge in [0.2, 0.25) is 15.4 Å². The average Bonchev–Trinajstić information content (AvgIpc) is 3.41. The first-order valence-electron chi connectivity index (χ1n) is 27.0. The summed E-state index contributed by atoms with van der Waals surface area (Å²) in [4.78, 5) is 32.5. The van der Waals surface area contributed by atoms with E-state index < -0.39 is 43.0 Å². The molecule has 1 saturated heterocycles.